The van der Waals surface area contributed by atoms with Gasteiger partial charge in [-0.25, -0.2) is 4.98 Å². The molecule has 0 radical (unpaired) electrons. The lowest BCUT2D eigenvalue weighted by molar-refractivity contribution is -0.123. The summed E-state index contributed by atoms with van der Waals surface area (Å²) >= 11 is 0. The third-order valence-electron chi connectivity index (χ3n) is 2.79. The van der Waals surface area contributed by atoms with Gasteiger partial charge in [0.1, 0.15) is 11.6 Å². The van der Waals surface area contributed by atoms with Crippen molar-refractivity contribution in [2.45, 2.75) is 32.9 Å². The van der Waals surface area contributed by atoms with Crippen molar-refractivity contribution >= 4 is 5.78 Å². The molecular weight excluding hydrogens is 190 g/mol. The van der Waals surface area contributed by atoms with E-state index in [0.717, 1.165) is 5.82 Å². The maximum Gasteiger partial charge on any atom is 0.149 e. The molecule has 1 rings (SSSR count). The zero-order chi connectivity index (χ0) is 11.4. The molecule has 0 bridgehead atoms. The second-order valence-electron chi connectivity index (χ2n) is 3.87. The molecule has 0 saturated carbocycles. The minimum absolute atomic E-state index is 0.0355. The Bertz CT molecular complexity index is 332. The van der Waals surface area contributed by atoms with Crippen molar-refractivity contribution in [1.82, 2.24) is 14.5 Å². The maximum absolute atomic E-state index is 11.5. The van der Waals surface area contributed by atoms with Crippen LogP contribution in [0, 0.1) is 0 Å². The quantitative estimate of drug-likeness (QED) is 0.732. The van der Waals surface area contributed by atoms with E-state index in [0.29, 0.717) is 13.0 Å². The van der Waals surface area contributed by atoms with Crippen LogP contribution in [0.1, 0.15) is 26.1 Å². The zero-order valence-corrected chi connectivity index (χ0v) is 9.90. The maximum atomic E-state index is 11.5. The van der Waals surface area contributed by atoms with Gasteiger partial charge in [-0.3, -0.25) is 9.69 Å². The summed E-state index contributed by atoms with van der Waals surface area (Å²) in [5.74, 6) is 1.25. The number of imidazole rings is 1. The standard InChI is InChI=1S/C11H19N3O/c1-5-10(15)9(2)14(4)8-11-12-6-7-13(11)3/h6-7,9H,5,8H2,1-4H3. The number of carbonyl (C=O) groups excluding carboxylic acids is 1. The molecule has 0 spiro atoms. The number of likely N-dealkylation sites (N-methyl/N-ethyl adjacent to an activating group) is 1. The molecule has 4 heteroatoms. The first-order chi connectivity index (χ1) is 7.06. The Morgan fingerprint density at radius 3 is 2.80 bits per heavy atom. The Kier molecular flexibility index (Phi) is 4.03. The van der Waals surface area contributed by atoms with Crippen molar-refractivity contribution in [3.63, 3.8) is 0 Å². The van der Waals surface area contributed by atoms with Crippen molar-refractivity contribution in [2.24, 2.45) is 7.05 Å². The summed E-state index contributed by atoms with van der Waals surface area (Å²) in [5.41, 5.74) is 0. The van der Waals surface area contributed by atoms with Crippen LogP contribution in [0.15, 0.2) is 12.4 Å². The molecule has 0 aliphatic rings. The van der Waals surface area contributed by atoms with Crippen molar-refractivity contribution in [1.29, 1.82) is 0 Å². The lowest BCUT2D eigenvalue weighted by Crippen LogP contribution is -2.35. The summed E-state index contributed by atoms with van der Waals surface area (Å²) in [7, 11) is 3.91. The minimum atomic E-state index is -0.0355. The van der Waals surface area contributed by atoms with E-state index in [2.05, 4.69) is 4.98 Å². The fraction of sp³-hybridized carbons (Fsp3) is 0.636. The Balaban J connectivity index is 2.59. The van der Waals surface area contributed by atoms with Gasteiger partial charge in [-0.1, -0.05) is 6.92 Å². The van der Waals surface area contributed by atoms with Crippen LogP contribution in [0.25, 0.3) is 0 Å². The first-order valence-electron chi connectivity index (χ1n) is 5.25. The van der Waals surface area contributed by atoms with Gasteiger partial charge in [0.2, 0.25) is 0 Å². The van der Waals surface area contributed by atoms with Crippen LogP contribution in [0.2, 0.25) is 0 Å². The molecule has 15 heavy (non-hydrogen) atoms. The van der Waals surface area contributed by atoms with Gasteiger partial charge in [0.15, 0.2) is 0 Å². The molecule has 0 N–H and O–H groups in total. The smallest absolute Gasteiger partial charge is 0.149 e. The van der Waals surface area contributed by atoms with Crippen LogP contribution in [-0.4, -0.2) is 33.3 Å². The topological polar surface area (TPSA) is 38.1 Å². The van der Waals surface area contributed by atoms with E-state index in [4.69, 9.17) is 0 Å². The van der Waals surface area contributed by atoms with E-state index in [1.54, 1.807) is 6.20 Å². The number of rotatable bonds is 5. The van der Waals surface area contributed by atoms with Gasteiger partial charge in [0, 0.05) is 25.9 Å². The zero-order valence-electron chi connectivity index (χ0n) is 9.90. The Morgan fingerprint density at radius 2 is 2.33 bits per heavy atom. The van der Waals surface area contributed by atoms with Gasteiger partial charge in [-0.15, -0.1) is 0 Å². The molecule has 1 atom stereocenters. The van der Waals surface area contributed by atoms with E-state index in [9.17, 15) is 4.79 Å². The predicted octanol–water partition coefficient (Wildman–Crippen LogP) is 1.22. The fourth-order valence-electron chi connectivity index (χ4n) is 1.45. The Labute approximate surface area is 90.9 Å². The van der Waals surface area contributed by atoms with Crippen molar-refractivity contribution in [2.75, 3.05) is 7.05 Å². The third kappa shape index (κ3) is 2.89. The van der Waals surface area contributed by atoms with Crippen LogP contribution in [0.5, 0.6) is 0 Å². The van der Waals surface area contributed by atoms with Gasteiger partial charge >= 0.3 is 0 Å². The van der Waals surface area contributed by atoms with Crippen LogP contribution < -0.4 is 0 Å². The van der Waals surface area contributed by atoms with Gasteiger partial charge in [0.25, 0.3) is 0 Å². The Hall–Kier alpha value is -1.16. The SMILES string of the molecule is CCC(=O)C(C)N(C)Cc1nccn1C. The van der Waals surface area contributed by atoms with Gasteiger partial charge in [-0.2, -0.15) is 0 Å². The van der Waals surface area contributed by atoms with E-state index in [-0.39, 0.29) is 11.8 Å². The second kappa shape index (κ2) is 5.07. The number of hydrogen-bond donors (Lipinski definition) is 0. The number of aryl methyl sites for hydroxylation is 1. The fourth-order valence-corrected chi connectivity index (χ4v) is 1.45. The summed E-state index contributed by atoms with van der Waals surface area (Å²) < 4.78 is 1.97. The highest BCUT2D eigenvalue weighted by Gasteiger charge is 2.17. The van der Waals surface area contributed by atoms with Gasteiger partial charge < -0.3 is 4.57 Å². The van der Waals surface area contributed by atoms with E-state index >= 15 is 0 Å². The summed E-state index contributed by atoms with van der Waals surface area (Å²) in [5, 5.41) is 0. The van der Waals surface area contributed by atoms with Gasteiger partial charge in [0.05, 0.1) is 12.6 Å². The number of ketones is 1. The van der Waals surface area contributed by atoms with Crippen LogP contribution >= 0.6 is 0 Å². The molecule has 1 aromatic rings. The average molecular weight is 209 g/mol. The molecule has 0 saturated heterocycles. The normalized spacial score (nSPS) is 13.1. The lowest BCUT2D eigenvalue weighted by Gasteiger charge is -2.22. The molecule has 0 aliphatic heterocycles. The first-order valence-corrected chi connectivity index (χ1v) is 5.25. The summed E-state index contributed by atoms with van der Waals surface area (Å²) in [4.78, 5) is 17.8. The molecule has 84 valence electrons. The lowest BCUT2D eigenvalue weighted by atomic mass is 10.1. The molecule has 1 unspecified atom stereocenters. The number of aromatic nitrogens is 2. The first kappa shape index (κ1) is 11.9. The Morgan fingerprint density at radius 1 is 1.67 bits per heavy atom. The third-order valence-corrected chi connectivity index (χ3v) is 2.79. The molecule has 0 aromatic carbocycles. The molecule has 0 fully saturated rings. The molecule has 4 nitrogen and oxygen atoms in total. The largest absolute Gasteiger partial charge is 0.337 e. The van der Waals surface area contributed by atoms with Crippen LogP contribution in [0.4, 0.5) is 0 Å². The van der Waals surface area contributed by atoms with Crippen LogP contribution in [-0.2, 0) is 18.4 Å². The van der Waals surface area contributed by atoms with Crippen molar-refractivity contribution in [3.8, 4) is 0 Å². The van der Waals surface area contributed by atoms with Crippen LogP contribution in [0.3, 0.4) is 0 Å². The van der Waals surface area contributed by atoms with E-state index in [1.165, 1.54) is 0 Å². The molecule has 0 aliphatic carbocycles. The second-order valence-corrected chi connectivity index (χ2v) is 3.87. The average Bonchev–Trinajstić information content (AvgIpc) is 2.62. The molecule has 1 heterocycles. The minimum Gasteiger partial charge on any atom is -0.337 e. The van der Waals surface area contributed by atoms with Gasteiger partial charge in [-0.05, 0) is 14.0 Å². The highest BCUT2D eigenvalue weighted by molar-refractivity contribution is 5.83. The number of Topliss-reactive ketones (excluding diaryl/α,β-unsaturated/α-hetero) is 1. The molecule has 1 aromatic heterocycles. The predicted molar refractivity (Wildman–Crippen MR) is 59.4 cm³/mol. The summed E-state index contributed by atoms with van der Waals surface area (Å²) in [6.07, 6.45) is 4.27. The summed E-state index contributed by atoms with van der Waals surface area (Å²) in [6, 6.07) is -0.0355. The van der Waals surface area contributed by atoms with E-state index < -0.39 is 0 Å². The molecular formula is C11H19N3O. The number of hydrogen-bond acceptors (Lipinski definition) is 3. The van der Waals surface area contributed by atoms with Crippen molar-refractivity contribution in [3.05, 3.63) is 18.2 Å². The highest BCUT2D eigenvalue weighted by Crippen LogP contribution is 2.05. The number of carbonyl (C=O) groups is 1. The van der Waals surface area contributed by atoms with Crippen molar-refractivity contribution < 1.29 is 4.79 Å². The highest BCUT2D eigenvalue weighted by atomic mass is 16.1. The molecule has 0 amide bonds. The van der Waals surface area contributed by atoms with E-state index in [1.807, 2.05) is 43.6 Å². The summed E-state index contributed by atoms with van der Waals surface area (Å²) in [6.45, 7) is 4.54. The monoisotopic (exact) mass is 209 g/mol. The number of nitrogens with zero attached hydrogens (tertiary/aromatic N) is 3.